The zero-order valence-electron chi connectivity index (χ0n) is 18.8. The van der Waals surface area contributed by atoms with Gasteiger partial charge in [-0.1, -0.05) is 73.7 Å². The second-order valence-corrected chi connectivity index (χ2v) is 8.08. The number of alkyl carbamates (subject to hydrolysis) is 1. The van der Waals surface area contributed by atoms with Crippen LogP contribution < -0.4 is 10.2 Å². The van der Waals surface area contributed by atoms with E-state index in [2.05, 4.69) is 17.4 Å². The molecule has 1 aliphatic rings. The Morgan fingerprint density at radius 3 is 2.03 bits per heavy atom. The number of carboxylic acid groups (broad SMARTS) is 1. The number of hydrogen-bond acceptors (Lipinski definition) is 4. The minimum absolute atomic E-state index is 0.0956. The highest BCUT2D eigenvalue weighted by Crippen LogP contribution is 2.44. The number of anilines is 1. The molecule has 1 aliphatic carbocycles. The van der Waals surface area contributed by atoms with Gasteiger partial charge in [0.1, 0.15) is 19.2 Å². The van der Waals surface area contributed by atoms with Crippen LogP contribution in [0.25, 0.3) is 11.1 Å². The normalized spacial score (nSPS) is 12.9. The number of carbonyl (C=O) groups excluding carboxylic acids is 2. The summed E-state index contributed by atoms with van der Waals surface area (Å²) in [6.45, 7) is 1.37. The first kappa shape index (κ1) is 23.0. The van der Waals surface area contributed by atoms with Crippen molar-refractivity contribution >= 4 is 23.7 Å². The molecule has 0 aromatic heterocycles. The summed E-state index contributed by atoms with van der Waals surface area (Å²) < 4.78 is 5.55. The van der Waals surface area contributed by atoms with Crippen molar-refractivity contribution in [2.75, 3.05) is 18.1 Å². The van der Waals surface area contributed by atoms with Crippen LogP contribution in [0.1, 0.15) is 30.4 Å². The van der Waals surface area contributed by atoms with E-state index in [1.807, 2.05) is 36.4 Å². The van der Waals surface area contributed by atoms with Crippen molar-refractivity contribution in [2.45, 2.75) is 25.3 Å². The fourth-order valence-electron chi connectivity index (χ4n) is 4.35. The van der Waals surface area contributed by atoms with Gasteiger partial charge in [0.25, 0.3) is 0 Å². The maximum atomic E-state index is 13.1. The lowest BCUT2D eigenvalue weighted by molar-refractivity contribution is -0.136. The van der Waals surface area contributed by atoms with Crippen LogP contribution in [-0.4, -0.2) is 42.3 Å². The summed E-state index contributed by atoms with van der Waals surface area (Å²) in [5.41, 5.74) is 4.89. The topological polar surface area (TPSA) is 95.9 Å². The van der Waals surface area contributed by atoms with Crippen LogP contribution in [0.2, 0.25) is 0 Å². The second-order valence-electron chi connectivity index (χ2n) is 8.08. The van der Waals surface area contributed by atoms with E-state index >= 15 is 0 Å². The Morgan fingerprint density at radius 2 is 1.47 bits per heavy atom. The van der Waals surface area contributed by atoms with Gasteiger partial charge in [-0.25, -0.2) is 4.79 Å². The fourth-order valence-corrected chi connectivity index (χ4v) is 4.35. The third-order valence-electron chi connectivity index (χ3n) is 5.97. The zero-order valence-corrected chi connectivity index (χ0v) is 18.8. The summed E-state index contributed by atoms with van der Waals surface area (Å²) in [6, 6.07) is 23.7. The van der Waals surface area contributed by atoms with Gasteiger partial charge in [-0.3, -0.25) is 14.5 Å². The van der Waals surface area contributed by atoms with Crippen LogP contribution in [0.15, 0.2) is 78.9 Å². The van der Waals surface area contributed by atoms with Crippen molar-refractivity contribution in [2.24, 2.45) is 0 Å². The van der Waals surface area contributed by atoms with Gasteiger partial charge < -0.3 is 15.2 Å². The number of fused-ring (bicyclic) bond motifs is 3. The highest BCUT2D eigenvalue weighted by atomic mass is 16.5. The number of carboxylic acids is 1. The molecule has 174 valence electrons. The Hall–Kier alpha value is -4.13. The van der Waals surface area contributed by atoms with Crippen molar-refractivity contribution in [1.82, 2.24) is 5.32 Å². The molecule has 3 aromatic rings. The van der Waals surface area contributed by atoms with E-state index in [-0.39, 0.29) is 18.9 Å². The number of aliphatic carboxylic acids is 1. The van der Waals surface area contributed by atoms with E-state index in [1.165, 1.54) is 0 Å². The molecule has 7 nitrogen and oxygen atoms in total. The summed E-state index contributed by atoms with van der Waals surface area (Å²) in [4.78, 5) is 38.3. The number of ether oxygens (including phenoxy) is 1. The first-order chi connectivity index (χ1) is 16.5. The molecule has 0 bridgehead atoms. The number of para-hydroxylation sites is 1. The van der Waals surface area contributed by atoms with Gasteiger partial charge >= 0.3 is 12.1 Å². The summed E-state index contributed by atoms with van der Waals surface area (Å²) in [5, 5.41) is 11.9. The summed E-state index contributed by atoms with van der Waals surface area (Å²) in [5.74, 6) is -1.75. The lowest BCUT2D eigenvalue weighted by atomic mass is 9.98. The molecule has 0 aliphatic heterocycles. The third kappa shape index (κ3) is 4.78. The van der Waals surface area contributed by atoms with Crippen molar-refractivity contribution < 1.29 is 24.2 Å². The maximum absolute atomic E-state index is 13.1. The van der Waals surface area contributed by atoms with Crippen LogP contribution in [-0.2, 0) is 14.3 Å². The van der Waals surface area contributed by atoms with Gasteiger partial charge in [0.2, 0.25) is 5.91 Å². The number of hydrogen-bond donors (Lipinski definition) is 2. The molecule has 1 unspecified atom stereocenters. The average molecular weight is 459 g/mol. The highest BCUT2D eigenvalue weighted by molar-refractivity contribution is 6.01. The van der Waals surface area contributed by atoms with Crippen LogP contribution in [0.4, 0.5) is 10.5 Å². The van der Waals surface area contributed by atoms with Gasteiger partial charge in [0.05, 0.1) is 0 Å². The average Bonchev–Trinajstić information content (AvgIpc) is 3.18. The van der Waals surface area contributed by atoms with Gasteiger partial charge in [-0.15, -0.1) is 0 Å². The molecule has 0 fully saturated rings. The maximum Gasteiger partial charge on any atom is 0.407 e. The quantitative estimate of drug-likeness (QED) is 0.521. The first-order valence-electron chi connectivity index (χ1n) is 11.2. The molecule has 0 radical (unpaired) electrons. The van der Waals surface area contributed by atoms with Crippen LogP contribution in [0.5, 0.6) is 0 Å². The van der Waals surface area contributed by atoms with Gasteiger partial charge in [-0.05, 0) is 40.8 Å². The smallest absolute Gasteiger partial charge is 0.407 e. The number of benzene rings is 3. The molecule has 2 amide bonds. The molecule has 0 saturated carbocycles. The third-order valence-corrected chi connectivity index (χ3v) is 5.97. The Labute approximate surface area is 198 Å². The predicted octanol–water partition coefficient (Wildman–Crippen LogP) is 4.42. The largest absolute Gasteiger partial charge is 0.480 e. The van der Waals surface area contributed by atoms with Crippen molar-refractivity contribution in [1.29, 1.82) is 0 Å². The van der Waals surface area contributed by atoms with Crippen LogP contribution >= 0.6 is 0 Å². The molecule has 4 rings (SSSR count). The second kappa shape index (κ2) is 10.2. The van der Waals surface area contributed by atoms with Crippen molar-refractivity contribution in [3.8, 4) is 11.1 Å². The number of amides is 2. The Balaban J connectivity index is 1.45. The predicted molar refractivity (Wildman–Crippen MR) is 129 cm³/mol. The number of nitrogens with zero attached hydrogens (tertiary/aromatic N) is 1. The van der Waals surface area contributed by atoms with Crippen LogP contribution in [0, 0.1) is 0 Å². The fraction of sp³-hybridized carbons (Fsp3) is 0.222. The van der Waals surface area contributed by atoms with E-state index in [0.717, 1.165) is 27.2 Å². The molecular formula is C27H26N2O5. The molecular weight excluding hydrogens is 432 g/mol. The monoisotopic (exact) mass is 458 g/mol. The van der Waals surface area contributed by atoms with Gasteiger partial charge in [0, 0.05) is 11.6 Å². The Bertz CT molecular complexity index is 1150. The summed E-state index contributed by atoms with van der Waals surface area (Å²) in [6.07, 6.45) is -0.434. The van der Waals surface area contributed by atoms with E-state index in [9.17, 15) is 19.5 Å². The molecule has 2 N–H and O–H groups in total. The van der Waals surface area contributed by atoms with E-state index < -0.39 is 30.6 Å². The molecule has 1 atom stereocenters. The van der Waals surface area contributed by atoms with E-state index in [4.69, 9.17) is 4.74 Å². The lowest BCUT2D eigenvalue weighted by Gasteiger charge is -2.26. The molecule has 0 heterocycles. The summed E-state index contributed by atoms with van der Waals surface area (Å²) >= 11 is 0. The highest BCUT2D eigenvalue weighted by Gasteiger charge is 2.31. The van der Waals surface area contributed by atoms with Crippen molar-refractivity contribution in [3.05, 3.63) is 90.0 Å². The Morgan fingerprint density at radius 1 is 0.912 bits per heavy atom. The summed E-state index contributed by atoms with van der Waals surface area (Å²) in [7, 11) is 0. The minimum atomic E-state index is -1.15. The van der Waals surface area contributed by atoms with E-state index in [1.54, 1.807) is 37.3 Å². The molecule has 34 heavy (non-hydrogen) atoms. The first-order valence-corrected chi connectivity index (χ1v) is 11.2. The molecule has 0 saturated heterocycles. The lowest BCUT2D eigenvalue weighted by Crippen LogP contribution is -2.50. The van der Waals surface area contributed by atoms with Gasteiger partial charge in [0.15, 0.2) is 0 Å². The number of rotatable bonds is 8. The molecule has 0 spiro atoms. The standard InChI is InChI=1S/C27H26N2O5/c1-2-24(26(32)29(16-25(30)31)18-10-4-3-5-11-18)28-27(33)34-17-23-21-14-8-6-12-19(21)20-13-7-9-15-22(20)23/h3-15,23-24H,2,16-17H2,1H3,(H,28,33)(H,30,31). The molecule has 7 heteroatoms. The van der Waals surface area contributed by atoms with Crippen LogP contribution in [0.3, 0.4) is 0 Å². The molecule has 3 aromatic carbocycles. The van der Waals surface area contributed by atoms with Crippen molar-refractivity contribution in [3.63, 3.8) is 0 Å². The van der Waals surface area contributed by atoms with E-state index in [0.29, 0.717) is 5.69 Å². The van der Waals surface area contributed by atoms with Gasteiger partial charge in [-0.2, -0.15) is 0 Å². The zero-order chi connectivity index (χ0) is 24.1. The number of carbonyl (C=O) groups is 3. The Kier molecular flexibility index (Phi) is 6.92. The SMILES string of the molecule is CCC(NC(=O)OCC1c2ccccc2-c2ccccc21)C(=O)N(CC(=O)O)c1ccccc1. The number of nitrogens with one attached hydrogen (secondary N) is 1. The minimum Gasteiger partial charge on any atom is -0.480 e.